The number of rotatable bonds is 3. The van der Waals surface area contributed by atoms with Gasteiger partial charge in [-0.25, -0.2) is 0 Å². The van der Waals surface area contributed by atoms with Crippen LogP contribution in [0.2, 0.25) is 0 Å². The molecule has 0 amide bonds. The molecule has 0 radical (unpaired) electrons. The van der Waals surface area contributed by atoms with Crippen molar-refractivity contribution in [3.8, 4) is 6.07 Å². The fourth-order valence-electron chi connectivity index (χ4n) is 1.78. The van der Waals surface area contributed by atoms with Crippen molar-refractivity contribution in [3.05, 3.63) is 35.4 Å². The molecule has 1 saturated carbocycles. The fraction of sp³-hybridized carbons (Fsp3) is 0.429. The van der Waals surface area contributed by atoms with Crippen molar-refractivity contribution in [2.75, 3.05) is 7.05 Å². The van der Waals surface area contributed by atoms with Crippen molar-refractivity contribution >= 4 is 29.9 Å². The lowest BCUT2D eigenvalue weighted by molar-refractivity contribution is 0.763. The van der Waals surface area contributed by atoms with Gasteiger partial charge in [0.05, 0.1) is 11.6 Å². The Morgan fingerprint density at radius 1 is 1.42 bits per heavy atom. The second-order valence-corrected chi connectivity index (χ2v) is 4.70. The summed E-state index contributed by atoms with van der Waals surface area (Å²) in [4.78, 5) is 4.19. The molecular weight excluding hydrogens is 351 g/mol. The van der Waals surface area contributed by atoms with E-state index in [2.05, 4.69) is 28.6 Å². The van der Waals surface area contributed by atoms with E-state index < -0.39 is 0 Å². The molecular formula is C14H19IN4. The summed E-state index contributed by atoms with van der Waals surface area (Å²) in [7, 11) is 1.78. The first-order valence-electron chi connectivity index (χ1n) is 6.19. The lowest BCUT2D eigenvalue weighted by Gasteiger charge is -2.11. The molecule has 19 heavy (non-hydrogen) atoms. The van der Waals surface area contributed by atoms with Gasteiger partial charge in [0, 0.05) is 19.6 Å². The Balaban J connectivity index is 0.00000180. The molecule has 0 aromatic heterocycles. The van der Waals surface area contributed by atoms with E-state index in [0.29, 0.717) is 18.2 Å². The van der Waals surface area contributed by atoms with E-state index in [1.807, 2.05) is 24.3 Å². The third-order valence-electron chi connectivity index (χ3n) is 3.20. The van der Waals surface area contributed by atoms with Gasteiger partial charge in [-0.2, -0.15) is 5.26 Å². The van der Waals surface area contributed by atoms with E-state index >= 15 is 0 Å². The number of nitrogens with zero attached hydrogens (tertiary/aromatic N) is 2. The molecule has 102 valence electrons. The SMILES string of the molecule is CN=C(NCc1ccc(C#N)cc1)NC1CC1C.I. The van der Waals surface area contributed by atoms with Crippen LogP contribution in [0.3, 0.4) is 0 Å². The number of aliphatic imine (C=N–C) groups is 1. The van der Waals surface area contributed by atoms with Crippen molar-refractivity contribution in [2.24, 2.45) is 10.9 Å². The van der Waals surface area contributed by atoms with Crippen LogP contribution in [0.15, 0.2) is 29.3 Å². The van der Waals surface area contributed by atoms with Gasteiger partial charge in [-0.1, -0.05) is 19.1 Å². The minimum atomic E-state index is 0. The van der Waals surface area contributed by atoms with E-state index in [4.69, 9.17) is 5.26 Å². The topological polar surface area (TPSA) is 60.2 Å². The molecule has 2 unspecified atom stereocenters. The second-order valence-electron chi connectivity index (χ2n) is 4.70. The summed E-state index contributed by atoms with van der Waals surface area (Å²) in [6.07, 6.45) is 1.22. The van der Waals surface area contributed by atoms with Crippen LogP contribution in [0.5, 0.6) is 0 Å². The van der Waals surface area contributed by atoms with Crippen molar-refractivity contribution in [1.29, 1.82) is 5.26 Å². The molecule has 1 aliphatic rings. The first-order valence-corrected chi connectivity index (χ1v) is 6.19. The highest BCUT2D eigenvalue weighted by Gasteiger charge is 2.33. The Labute approximate surface area is 131 Å². The van der Waals surface area contributed by atoms with Gasteiger partial charge in [0.15, 0.2) is 5.96 Å². The van der Waals surface area contributed by atoms with E-state index in [1.54, 1.807) is 7.05 Å². The summed E-state index contributed by atoms with van der Waals surface area (Å²) in [6, 6.07) is 10.3. The zero-order valence-corrected chi connectivity index (χ0v) is 13.5. The van der Waals surface area contributed by atoms with Crippen LogP contribution >= 0.6 is 24.0 Å². The van der Waals surface area contributed by atoms with Crippen molar-refractivity contribution in [1.82, 2.24) is 10.6 Å². The molecule has 2 atom stereocenters. The van der Waals surface area contributed by atoms with E-state index in [1.165, 1.54) is 6.42 Å². The molecule has 1 aliphatic carbocycles. The lowest BCUT2D eigenvalue weighted by atomic mass is 10.1. The van der Waals surface area contributed by atoms with E-state index in [-0.39, 0.29) is 24.0 Å². The van der Waals surface area contributed by atoms with Gasteiger partial charge in [-0.15, -0.1) is 24.0 Å². The predicted molar refractivity (Wildman–Crippen MR) is 87.5 cm³/mol. The molecule has 0 aliphatic heterocycles. The highest BCUT2D eigenvalue weighted by Crippen LogP contribution is 2.28. The average molecular weight is 370 g/mol. The maximum atomic E-state index is 8.72. The zero-order valence-electron chi connectivity index (χ0n) is 11.2. The molecule has 1 aromatic carbocycles. The van der Waals surface area contributed by atoms with E-state index in [0.717, 1.165) is 17.4 Å². The van der Waals surface area contributed by atoms with Gasteiger partial charge in [-0.3, -0.25) is 4.99 Å². The monoisotopic (exact) mass is 370 g/mol. The number of hydrogen-bond acceptors (Lipinski definition) is 2. The summed E-state index contributed by atoms with van der Waals surface area (Å²) in [5, 5.41) is 15.4. The number of nitrogens with one attached hydrogen (secondary N) is 2. The van der Waals surface area contributed by atoms with Gasteiger partial charge in [0.2, 0.25) is 0 Å². The van der Waals surface area contributed by atoms with Crippen LogP contribution in [0.25, 0.3) is 0 Å². The van der Waals surface area contributed by atoms with Gasteiger partial charge >= 0.3 is 0 Å². The number of halogens is 1. The third kappa shape index (κ3) is 4.71. The highest BCUT2D eigenvalue weighted by atomic mass is 127. The van der Waals surface area contributed by atoms with Gasteiger partial charge in [-0.05, 0) is 30.0 Å². The third-order valence-corrected chi connectivity index (χ3v) is 3.20. The quantitative estimate of drug-likeness (QED) is 0.488. The normalized spacial score (nSPS) is 21.0. The summed E-state index contributed by atoms with van der Waals surface area (Å²) < 4.78 is 0. The molecule has 0 heterocycles. The first kappa shape index (κ1) is 15.8. The molecule has 2 rings (SSSR count). The molecule has 2 N–H and O–H groups in total. The smallest absolute Gasteiger partial charge is 0.191 e. The zero-order chi connectivity index (χ0) is 13.0. The van der Waals surface area contributed by atoms with Gasteiger partial charge in [0.1, 0.15) is 0 Å². The number of nitriles is 1. The minimum absolute atomic E-state index is 0. The predicted octanol–water partition coefficient (Wildman–Crippen LogP) is 2.25. The Morgan fingerprint density at radius 2 is 2.05 bits per heavy atom. The van der Waals surface area contributed by atoms with Crippen LogP contribution in [0.4, 0.5) is 0 Å². The summed E-state index contributed by atoms with van der Waals surface area (Å²) >= 11 is 0. The van der Waals surface area contributed by atoms with Crippen LogP contribution in [-0.2, 0) is 6.54 Å². The Kier molecular flexibility index (Phi) is 6.09. The van der Waals surface area contributed by atoms with Crippen LogP contribution in [0.1, 0.15) is 24.5 Å². The van der Waals surface area contributed by atoms with Crippen molar-refractivity contribution < 1.29 is 0 Å². The molecule has 0 saturated heterocycles. The first-order chi connectivity index (χ1) is 8.72. The van der Waals surface area contributed by atoms with Crippen molar-refractivity contribution in [2.45, 2.75) is 25.9 Å². The second kappa shape index (κ2) is 7.34. The lowest BCUT2D eigenvalue weighted by Crippen LogP contribution is -2.38. The van der Waals surface area contributed by atoms with Gasteiger partial charge in [0.25, 0.3) is 0 Å². The molecule has 5 heteroatoms. The number of guanidine groups is 1. The van der Waals surface area contributed by atoms with Crippen LogP contribution in [0, 0.1) is 17.2 Å². The van der Waals surface area contributed by atoms with Gasteiger partial charge < -0.3 is 10.6 Å². The molecule has 0 bridgehead atoms. The summed E-state index contributed by atoms with van der Waals surface area (Å²) in [5.74, 6) is 1.59. The largest absolute Gasteiger partial charge is 0.353 e. The van der Waals surface area contributed by atoms with Crippen molar-refractivity contribution in [3.63, 3.8) is 0 Å². The minimum Gasteiger partial charge on any atom is -0.353 e. The summed E-state index contributed by atoms with van der Waals surface area (Å²) in [6.45, 7) is 2.94. The number of hydrogen-bond donors (Lipinski definition) is 2. The van der Waals surface area contributed by atoms with E-state index in [9.17, 15) is 0 Å². The highest BCUT2D eigenvalue weighted by molar-refractivity contribution is 14.0. The molecule has 1 aromatic rings. The Hall–Kier alpha value is -1.29. The average Bonchev–Trinajstić information content (AvgIpc) is 3.10. The molecule has 1 fully saturated rings. The number of benzene rings is 1. The molecule has 4 nitrogen and oxygen atoms in total. The summed E-state index contributed by atoms with van der Waals surface area (Å²) in [5.41, 5.74) is 1.83. The maximum Gasteiger partial charge on any atom is 0.191 e. The Bertz CT molecular complexity index is 475. The fourth-order valence-corrected chi connectivity index (χ4v) is 1.78. The molecule has 0 spiro atoms. The maximum absolute atomic E-state index is 8.72. The Morgan fingerprint density at radius 3 is 2.53 bits per heavy atom. The standard InChI is InChI=1S/C14H18N4.HI/c1-10-7-13(10)18-14(16-2)17-9-12-5-3-11(8-15)4-6-12;/h3-6,10,13H,7,9H2,1-2H3,(H2,16,17,18);1H. The van der Waals surface area contributed by atoms with Crippen LogP contribution in [-0.4, -0.2) is 19.0 Å². The van der Waals surface area contributed by atoms with Crippen LogP contribution < -0.4 is 10.6 Å².